The molecule has 1 aliphatic heterocycles. The van der Waals surface area contributed by atoms with Gasteiger partial charge in [0.1, 0.15) is 0 Å². The fraction of sp³-hybridized carbons (Fsp3) is 0.727. The molecule has 0 radical (unpaired) electrons. The van der Waals surface area contributed by atoms with Crippen molar-refractivity contribution in [1.29, 1.82) is 0 Å². The summed E-state index contributed by atoms with van der Waals surface area (Å²) in [6, 6.07) is 0.256. The number of rotatable bonds is 11. The molecule has 0 aromatic rings. The van der Waals surface area contributed by atoms with Crippen LogP contribution < -0.4 is 0 Å². The molecule has 0 aliphatic carbocycles. The minimum atomic E-state index is -0.139. The molecule has 1 rings (SSSR count). The highest BCUT2D eigenvalue weighted by Crippen LogP contribution is 2.21. The first-order chi connectivity index (χ1) is 12.6. The second kappa shape index (κ2) is 13.4. The monoisotopic (exact) mass is 361 g/mol. The smallest absolute Gasteiger partial charge is 0.305 e. The Morgan fingerprint density at radius 3 is 2.81 bits per heavy atom. The molecular formula is C22H35NO3. The van der Waals surface area contributed by atoms with E-state index in [4.69, 9.17) is 0 Å². The minimum absolute atomic E-state index is 0.139. The Bertz CT molecular complexity index is 515. The lowest BCUT2D eigenvalue weighted by molar-refractivity contribution is -0.140. The zero-order chi connectivity index (χ0) is 19.2. The number of allylic oxidation sites excluding steroid dienone is 1. The van der Waals surface area contributed by atoms with E-state index in [-0.39, 0.29) is 17.9 Å². The molecule has 1 amide bonds. The maximum atomic E-state index is 12.1. The number of carbonyl (C=O) groups is 2. The third-order valence-electron chi connectivity index (χ3n) is 4.78. The second-order valence-corrected chi connectivity index (χ2v) is 7.11. The number of likely N-dealkylation sites (tertiary alicyclic amines) is 1. The molecule has 4 nitrogen and oxygen atoms in total. The van der Waals surface area contributed by atoms with Crippen LogP contribution in [-0.4, -0.2) is 36.5 Å². The van der Waals surface area contributed by atoms with Crippen molar-refractivity contribution < 1.29 is 14.3 Å². The molecule has 4 heteroatoms. The van der Waals surface area contributed by atoms with Crippen molar-refractivity contribution in [3.63, 3.8) is 0 Å². The van der Waals surface area contributed by atoms with Crippen molar-refractivity contribution in [2.45, 2.75) is 84.1 Å². The van der Waals surface area contributed by atoms with Crippen molar-refractivity contribution in [3.05, 3.63) is 12.2 Å². The Morgan fingerprint density at radius 1 is 1.31 bits per heavy atom. The van der Waals surface area contributed by atoms with Gasteiger partial charge in [-0.25, -0.2) is 0 Å². The molecule has 1 aliphatic rings. The van der Waals surface area contributed by atoms with Crippen molar-refractivity contribution in [2.75, 3.05) is 13.7 Å². The van der Waals surface area contributed by atoms with E-state index in [9.17, 15) is 9.59 Å². The summed E-state index contributed by atoms with van der Waals surface area (Å²) in [5.74, 6) is 7.02. The van der Waals surface area contributed by atoms with E-state index in [1.165, 1.54) is 7.11 Å². The maximum Gasteiger partial charge on any atom is 0.305 e. The summed E-state index contributed by atoms with van der Waals surface area (Å²) in [6.45, 7) is 5.12. The van der Waals surface area contributed by atoms with Crippen LogP contribution in [-0.2, 0) is 14.3 Å². The van der Waals surface area contributed by atoms with Gasteiger partial charge in [0.15, 0.2) is 0 Å². The summed E-state index contributed by atoms with van der Waals surface area (Å²) < 4.78 is 4.64. The van der Waals surface area contributed by atoms with Gasteiger partial charge in [-0.15, -0.1) is 11.8 Å². The molecule has 1 heterocycles. The van der Waals surface area contributed by atoms with E-state index in [0.717, 1.165) is 57.9 Å². The lowest BCUT2D eigenvalue weighted by Gasteiger charge is -2.22. The first-order valence-corrected chi connectivity index (χ1v) is 10.1. The number of hydrogen-bond donors (Lipinski definition) is 0. The van der Waals surface area contributed by atoms with Crippen molar-refractivity contribution >= 4 is 11.9 Å². The van der Waals surface area contributed by atoms with Crippen LogP contribution in [0.3, 0.4) is 0 Å². The second-order valence-electron chi connectivity index (χ2n) is 7.11. The molecule has 0 aromatic carbocycles. The van der Waals surface area contributed by atoms with Crippen molar-refractivity contribution in [2.24, 2.45) is 5.92 Å². The van der Waals surface area contributed by atoms with E-state index in [0.29, 0.717) is 18.8 Å². The number of nitrogens with zero attached hydrogens (tertiary/aromatic N) is 1. The predicted molar refractivity (Wildman–Crippen MR) is 105 cm³/mol. The molecule has 1 fully saturated rings. The SMILES string of the molecule is CCC#CCC(C)C/C=C/C1CCC(=O)N1CCCCCCC(=O)OC. The van der Waals surface area contributed by atoms with E-state index >= 15 is 0 Å². The molecule has 146 valence electrons. The van der Waals surface area contributed by atoms with Crippen LogP contribution in [0.15, 0.2) is 12.2 Å². The largest absolute Gasteiger partial charge is 0.469 e. The first kappa shape index (κ1) is 22.3. The first-order valence-electron chi connectivity index (χ1n) is 10.1. The van der Waals surface area contributed by atoms with E-state index in [2.05, 4.69) is 42.6 Å². The van der Waals surface area contributed by atoms with Crippen LogP contribution in [0.1, 0.15) is 78.1 Å². The number of amides is 1. The molecule has 0 aromatic heterocycles. The van der Waals surface area contributed by atoms with Crippen LogP contribution in [0, 0.1) is 17.8 Å². The van der Waals surface area contributed by atoms with Gasteiger partial charge in [0.05, 0.1) is 13.2 Å². The van der Waals surface area contributed by atoms with Crippen LogP contribution in [0.2, 0.25) is 0 Å². The van der Waals surface area contributed by atoms with Gasteiger partial charge in [-0.3, -0.25) is 9.59 Å². The molecule has 0 saturated carbocycles. The van der Waals surface area contributed by atoms with Crippen molar-refractivity contribution in [1.82, 2.24) is 4.90 Å². The zero-order valence-electron chi connectivity index (χ0n) is 16.8. The molecular weight excluding hydrogens is 326 g/mol. The predicted octanol–water partition coefficient (Wildman–Crippen LogP) is 4.49. The number of esters is 1. The third-order valence-corrected chi connectivity index (χ3v) is 4.78. The van der Waals surface area contributed by atoms with Crippen LogP contribution >= 0.6 is 0 Å². The quantitative estimate of drug-likeness (QED) is 0.236. The molecule has 0 N–H and O–H groups in total. The van der Waals surface area contributed by atoms with E-state index in [1.807, 2.05) is 4.90 Å². The average Bonchev–Trinajstić information content (AvgIpc) is 2.98. The Kier molecular flexibility index (Phi) is 11.5. The van der Waals surface area contributed by atoms with Gasteiger partial charge in [0, 0.05) is 32.2 Å². The number of hydrogen-bond acceptors (Lipinski definition) is 3. The van der Waals surface area contributed by atoms with Gasteiger partial charge in [0.25, 0.3) is 0 Å². The van der Waals surface area contributed by atoms with Gasteiger partial charge in [-0.2, -0.15) is 0 Å². The zero-order valence-corrected chi connectivity index (χ0v) is 16.8. The third kappa shape index (κ3) is 9.08. The molecule has 0 spiro atoms. The summed E-state index contributed by atoms with van der Waals surface area (Å²) in [6.07, 6.45) is 13.3. The average molecular weight is 362 g/mol. The highest BCUT2D eigenvalue weighted by atomic mass is 16.5. The van der Waals surface area contributed by atoms with E-state index < -0.39 is 0 Å². The van der Waals surface area contributed by atoms with E-state index in [1.54, 1.807) is 0 Å². The Morgan fingerprint density at radius 2 is 2.08 bits per heavy atom. The number of unbranched alkanes of at least 4 members (excludes halogenated alkanes) is 3. The van der Waals surface area contributed by atoms with Crippen LogP contribution in [0.4, 0.5) is 0 Å². The normalized spacial score (nSPS) is 18.0. The molecule has 26 heavy (non-hydrogen) atoms. The van der Waals surface area contributed by atoms with Gasteiger partial charge < -0.3 is 9.64 Å². The summed E-state index contributed by atoms with van der Waals surface area (Å²) >= 11 is 0. The maximum absolute atomic E-state index is 12.1. The lowest BCUT2D eigenvalue weighted by Crippen LogP contribution is -2.32. The highest BCUT2D eigenvalue weighted by molar-refractivity contribution is 5.79. The molecule has 1 saturated heterocycles. The van der Waals surface area contributed by atoms with Crippen molar-refractivity contribution in [3.8, 4) is 11.8 Å². The summed E-state index contributed by atoms with van der Waals surface area (Å²) in [5.41, 5.74) is 0. The topological polar surface area (TPSA) is 46.6 Å². The number of carbonyl (C=O) groups excluding carboxylic acids is 2. The fourth-order valence-corrected chi connectivity index (χ4v) is 3.18. The summed E-state index contributed by atoms with van der Waals surface area (Å²) in [5, 5.41) is 0. The standard InChI is InChI=1S/C22H35NO3/c1-4-5-8-12-19(2)13-11-14-20-16-17-21(24)23(20)18-10-7-6-9-15-22(25)26-3/h11,14,19-20H,4,6-7,9-10,12-13,15-18H2,1-3H3/b14-11+. The molecule has 0 bridgehead atoms. The van der Waals surface area contributed by atoms with Gasteiger partial charge in [-0.1, -0.05) is 38.8 Å². The Hall–Kier alpha value is -1.76. The lowest BCUT2D eigenvalue weighted by atomic mass is 10.0. The minimum Gasteiger partial charge on any atom is -0.469 e. The summed E-state index contributed by atoms with van der Waals surface area (Å²) in [4.78, 5) is 25.2. The molecule has 2 atom stereocenters. The van der Waals surface area contributed by atoms with Gasteiger partial charge in [0.2, 0.25) is 5.91 Å². The Labute approximate surface area is 159 Å². The summed E-state index contributed by atoms with van der Waals surface area (Å²) in [7, 11) is 1.42. The molecule has 2 unspecified atom stereocenters. The number of ether oxygens (including phenoxy) is 1. The van der Waals surface area contributed by atoms with Gasteiger partial charge in [-0.05, 0) is 31.6 Å². The van der Waals surface area contributed by atoms with Gasteiger partial charge >= 0.3 is 5.97 Å². The Balaban J connectivity index is 2.27. The number of methoxy groups -OCH3 is 1. The highest BCUT2D eigenvalue weighted by Gasteiger charge is 2.28. The van der Waals surface area contributed by atoms with Crippen LogP contribution in [0.25, 0.3) is 0 Å². The fourth-order valence-electron chi connectivity index (χ4n) is 3.18. The van der Waals surface area contributed by atoms with Crippen LogP contribution in [0.5, 0.6) is 0 Å².